The van der Waals surface area contributed by atoms with E-state index in [1.165, 1.54) is 11.8 Å². The zero-order valence-electron chi connectivity index (χ0n) is 8.43. The molecule has 0 radical (unpaired) electrons. The fraction of sp³-hybridized carbons (Fsp3) is 0.167. The quantitative estimate of drug-likeness (QED) is 0.713. The minimum absolute atomic E-state index is 0.0516. The first-order valence-electron chi connectivity index (χ1n) is 4.87. The highest BCUT2D eigenvalue weighted by Gasteiger charge is 2.22. The van der Waals surface area contributed by atoms with Crippen LogP contribution in [0.2, 0.25) is 0 Å². The Kier molecular flexibility index (Phi) is 3.02. The number of nitrogens with zero attached hydrogens (tertiary/aromatic N) is 1. The Hall–Kier alpha value is -1.35. The predicted octanol–water partition coefficient (Wildman–Crippen LogP) is 3.00. The summed E-state index contributed by atoms with van der Waals surface area (Å²) in [6.07, 6.45) is 2.71. The molecule has 0 spiro atoms. The van der Waals surface area contributed by atoms with Crippen molar-refractivity contribution in [2.24, 2.45) is 4.99 Å². The summed E-state index contributed by atoms with van der Waals surface area (Å²) in [5.41, 5.74) is 1.59. The average molecular weight is 217 g/mol. The van der Waals surface area contributed by atoms with Gasteiger partial charge in [0.25, 0.3) is 0 Å². The van der Waals surface area contributed by atoms with E-state index < -0.39 is 0 Å². The monoisotopic (exact) mass is 217 g/mol. The van der Waals surface area contributed by atoms with E-state index in [1.54, 1.807) is 0 Å². The van der Waals surface area contributed by atoms with Gasteiger partial charge in [0, 0.05) is 5.56 Å². The molecule has 0 saturated carbocycles. The number of allylic oxidation sites excluding steroid dienone is 1. The van der Waals surface area contributed by atoms with E-state index in [9.17, 15) is 4.79 Å². The van der Waals surface area contributed by atoms with Crippen LogP contribution in [-0.4, -0.2) is 10.2 Å². The fourth-order valence-electron chi connectivity index (χ4n) is 1.34. The van der Waals surface area contributed by atoms with Crippen molar-refractivity contribution < 1.29 is 4.79 Å². The number of aliphatic imine (C=N–C) groups is 1. The molecule has 15 heavy (non-hydrogen) atoms. The molecule has 0 atom stereocenters. The van der Waals surface area contributed by atoms with E-state index in [4.69, 9.17) is 0 Å². The van der Waals surface area contributed by atoms with Crippen LogP contribution in [0, 0.1) is 0 Å². The van der Waals surface area contributed by atoms with E-state index in [0.29, 0.717) is 5.70 Å². The highest BCUT2D eigenvalue weighted by molar-refractivity contribution is 8.27. The Morgan fingerprint density at radius 1 is 1.33 bits per heavy atom. The molecule has 2 rings (SSSR count). The summed E-state index contributed by atoms with van der Waals surface area (Å²) < 4.78 is 0. The van der Waals surface area contributed by atoms with Gasteiger partial charge in [0.2, 0.25) is 5.12 Å². The molecule has 3 heteroatoms. The van der Waals surface area contributed by atoms with Gasteiger partial charge in [-0.25, -0.2) is 4.99 Å². The van der Waals surface area contributed by atoms with E-state index >= 15 is 0 Å². The zero-order chi connectivity index (χ0) is 10.7. The van der Waals surface area contributed by atoms with Crippen LogP contribution in [0.4, 0.5) is 0 Å². The van der Waals surface area contributed by atoms with Crippen LogP contribution in [-0.2, 0) is 4.79 Å². The Labute approximate surface area is 93.1 Å². The van der Waals surface area contributed by atoms with E-state index in [0.717, 1.165) is 17.0 Å². The minimum Gasteiger partial charge on any atom is -0.279 e. The van der Waals surface area contributed by atoms with Gasteiger partial charge in [0.1, 0.15) is 10.7 Å². The second-order valence-corrected chi connectivity index (χ2v) is 4.13. The van der Waals surface area contributed by atoms with Gasteiger partial charge < -0.3 is 0 Å². The molecule has 0 saturated heterocycles. The normalized spacial score (nSPS) is 18.3. The molecule has 0 aromatic heterocycles. The summed E-state index contributed by atoms with van der Waals surface area (Å²) in [6, 6.07) is 9.78. The summed E-state index contributed by atoms with van der Waals surface area (Å²) in [5, 5.41) is 0.857. The maximum atomic E-state index is 11.5. The number of carbonyl (C=O) groups is 1. The lowest BCUT2D eigenvalue weighted by Crippen LogP contribution is -1.91. The first-order chi connectivity index (χ1) is 7.31. The maximum absolute atomic E-state index is 11.5. The van der Waals surface area contributed by atoms with Gasteiger partial charge in [0.05, 0.1) is 0 Å². The van der Waals surface area contributed by atoms with Gasteiger partial charge in [-0.3, -0.25) is 4.79 Å². The van der Waals surface area contributed by atoms with Crippen molar-refractivity contribution in [1.82, 2.24) is 0 Å². The second-order valence-electron chi connectivity index (χ2n) is 3.17. The Morgan fingerprint density at radius 3 is 2.73 bits per heavy atom. The molecular weight excluding hydrogens is 206 g/mol. The van der Waals surface area contributed by atoms with Crippen molar-refractivity contribution in [2.75, 3.05) is 0 Å². The van der Waals surface area contributed by atoms with Crippen LogP contribution in [0.15, 0.2) is 47.1 Å². The summed E-state index contributed by atoms with van der Waals surface area (Å²) in [5.74, 6) is 0. The molecule has 1 heterocycles. The third kappa shape index (κ3) is 2.18. The van der Waals surface area contributed by atoms with Gasteiger partial charge in [-0.1, -0.05) is 43.3 Å². The van der Waals surface area contributed by atoms with Crippen molar-refractivity contribution in [3.05, 3.63) is 47.7 Å². The predicted molar refractivity (Wildman–Crippen MR) is 64.0 cm³/mol. The van der Waals surface area contributed by atoms with E-state index in [2.05, 4.69) is 4.99 Å². The topological polar surface area (TPSA) is 29.4 Å². The number of benzene rings is 1. The van der Waals surface area contributed by atoms with Crippen molar-refractivity contribution >= 4 is 21.9 Å². The number of thioether (sulfide) groups is 1. The zero-order valence-corrected chi connectivity index (χ0v) is 9.25. The molecule has 76 valence electrons. The molecule has 0 fully saturated rings. The number of hydrogen-bond acceptors (Lipinski definition) is 3. The molecule has 0 N–H and O–H groups in total. The molecule has 0 amide bonds. The lowest BCUT2D eigenvalue weighted by molar-refractivity contribution is -0.107. The molecule has 0 unspecified atom stereocenters. The van der Waals surface area contributed by atoms with Crippen molar-refractivity contribution in [2.45, 2.75) is 13.3 Å². The van der Waals surface area contributed by atoms with Gasteiger partial charge in [0.15, 0.2) is 0 Å². The summed E-state index contributed by atoms with van der Waals surface area (Å²) >= 11 is 1.21. The number of carbonyl (C=O) groups excluding carboxylic acids is 1. The SMILES string of the molecule is CC/C=C1\N=C(c2ccccc2)SC1=O. The van der Waals surface area contributed by atoms with Gasteiger partial charge >= 0.3 is 0 Å². The Bertz CT molecular complexity index is 434. The number of rotatable bonds is 2. The van der Waals surface area contributed by atoms with Crippen LogP contribution in [0.1, 0.15) is 18.9 Å². The van der Waals surface area contributed by atoms with E-state index in [-0.39, 0.29) is 5.12 Å². The second kappa shape index (κ2) is 4.45. The smallest absolute Gasteiger partial charge is 0.243 e. The van der Waals surface area contributed by atoms with Crippen molar-refractivity contribution in [1.29, 1.82) is 0 Å². The lowest BCUT2D eigenvalue weighted by atomic mass is 10.2. The molecule has 1 aromatic carbocycles. The van der Waals surface area contributed by atoms with Crippen LogP contribution in [0.5, 0.6) is 0 Å². The first-order valence-corrected chi connectivity index (χ1v) is 5.69. The summed E-state index contributed by atoms with van der Waals surface area (Å²) in [4.78, 5) is 15.8. The summed E-state index contributed by atoms with van der Waals surface area (Å²) in [7, 11) is 0. The van der Waals surface area contributed by atoms with Gasteiger partial charge in [-0.2, -0.15) is 0 Å². The Morgan fingerprint density at radius 2 is 2.07 bits per heavy atom. The van der Waals surface area contributed by atoms with Crippen LogP contribution >= 0.6 is 11.8 Å². The highest BCUT2D eigenvalue weighted by Crippen LogP contribution is 2.27. The minimum atomic E-state index is 0.0516. The van der Waals surface area contributed by atoms with Crippen LogP contribution in [0.25, 0.3) is 0 Å². The third-order valence-electron chi connectivity index (χ3n) is 2.04. The number of hydrogen-bond donors (Lipinski definition) is 0. The molecule has 1 aliphatic heterocycles. The highest BCUT2D eigenvalue weighted by atomic mass is 32.2. The van der Waals surface area contributed by atoms with Crippen molar-refractivity contribution in [3.63, 3.8) is 0 Å². The molecule has 2 nitrogen and oxygen atoms in total. The van der Waals surface area contributed by atoms with Gasteiger partial charge in [-0.15, -0.1) is 0 Å². The third-order valence-corrected chi connectivity index (χ3v) is 2.95. The molecule has 1 aromatic rings. The van der Waals surface area contributed by atoms with Crippen LogP contribution in [0.3, 0.4) is 0 Å². The maximum Gasteiger partial charge on any atom is 0.243 e. The lowest BCUT2D eigenvalue weighted by Gasteiger charge is -1.95. The summed E-state index contributed by atoms with van der Waals surface area (Å²) in [6.45, 7) is 2.00. The van der Waals surface area contributed by atoms with E-state index in [1.807, 2.05) is 43.3 Å². The van der Waals surface area contributed by atoms with Crippen molar-refractivity contribution in [3.8, 4) is 0 Å². The fourth-order valence-corrected chi connectivity index (χ4v) is 2.15. The van der Waals surface area contributed by atoms with Gasteiger partial charge in [-0.05, 0) is 18.2 Å². The first kappa shape index (κ1) is 10.2. The Balaban J connectivity index is 2.31. The molecular formula is C12H11NOS. The molecule has 0 aliphatic carbocycles. The van der Waals surface area contributed by atoms with Crippen LogP contribution < -0.4 is 0 Å². The molecule has 0 bridgehead atoms. The average Bonchev–Trinajstić information content (AvgIpc) is 2.63. The standard InChI is InChI=1S/C12H11NOS/c1-2-6-10-12(14)15-11(13-10)9-7-4-3-5-8-9/h3-8H,2H2,1H3/b10-6-. The molecule has 1 aliphatic rings. The largest absolute Gasteiger partial charge is 0.279 e.